The second-order valence-corrected chi connectivity index (χ2v) is 10.2. The van der Waals surface area contributed by atoms with Crippen LogP contribution in [0, 0.1) is 20.8 Å². The largest absolute Gasteiger partial charge is 0.507 e. The van der Waals surface area contributed by atoms with Crippen molar-refractivity contribution in [3.63, 3.8) is 0 Å². The number of thiophene rings is 1. The number of aryl methyl sites for hydroxylation is 3. The second-order valence-electron chi connectivity index (χ2n) is 9.23. The average Bonchev–Trinajstić information content (AvgIpc) is 3.52. The molecule has 0 spiro atoms. The molecule has 2 heterocycles. The predicted molar refractivity (Wildman–Crippen MR) is 147 cm³/mol. The molecule has 0 saturated carbocycles. The van der Waals surface area contributed by atoms with E-state index in [0.29, 0.717) is 23.6 Å². The lowest BCUT2D eigenvalue weighted by Crippen LogP contribution is -2.29. The van der Waals surface area contributed by atoms with E-state index in [9.17, 15) is 14.7 Å². The summed E-state index contributed by atoms with van der Waals surface area (Å²) < 4.78 is 5.98. The van der Waals surface area contributed by atoms with Crippen LogP contribution in [0.25, 0.3) is 5.76 Å². The van der Waals surface area contributed by atoms with Crippen LogP contribution < -0.4 is 9.64 Å². The summed E-state index contributed by atoms with van der Waals surface area (Å²) >= 11 is 1.45. The highest BCUT2D eigenvalue weighted by Crippen LogP contribution is 2.44. The third kappa shape index (κ3) is 4.68. The van der Waals surface area contributed by atoms with Gasteiger partial charge in [-0.15, -0.1) is 11.3 Å². The standard InChI is InChI=1S/C31H27NO4S/c1-19-11-12-20(2)24(16-19)32-28(26-10-7-15-37-26)27(30(34)31(32)35)29(33)23-13-14-25(21(3)17-23)36-18-22-8-5-4-6-9-22/h4-17,28,33H,18H2,1-3H3/b29-27-. The van der Waals surface area contributed by atoms with Gasteiger partial charge in [0.25, 0.3) is 11.7 Å². The number of hydrogen-bond acceptors (Lipinski definition) is 5. The van der Waals surface area contributed by atoms with Crippen LogP contribution in [0.1, 0.15) is 38.7 Å². The number of Topliss-reactive ketones (excluding diaryl/α,β-unsaturated/α-hetero) is 1. The van der Waals surface area contributed by atoms with E-state index in [0.717, 1.165) is 27.1 Å². The van der Waals surface area contributed by atoms with Gasteiger partial charge in [-0.1, -0.05) is 48.5 Å². The van der Waals surface area contributed by atoms with Crippen LogP contribution in [0.3, 0.4) is 0 Å². The van der Waals surface area contributed by atoms with Crippen molar-refractivity contribution in [2.45, 2.75) is 33.4 Å². The summed E-state index contributed by atoms with van der Waals surface area (Å²) in [6.45, 7) is 6.18. The van der Waals surface area contributed by atoms with E-state index in [1.54, 1.807) is 18.2 Å². The molecular weight excluding hydrogens is 482 g/mol. The molecule has 0 radical (unpaired) electrons. The zero-order chi connectivity index (χ0) is 26.1. The summed E-state index contributed by atoms with van der Waals surface area (Å²) in [7, 11) is 0. The van der Waals surface area contributed by atoms with Crippen LogP contribution in [-0.4, -0.2) is 16.8 Å². The van der Waals surface area contributed by atoms with Gasteiger partial charge in [-0.3, -0.25) is 14.5 Å². The van der Waals surface area contributed by atoms with Crippen LogP contribution in [0.2, 0.25) is 0 Å². The molecule has 1 unspecified atom stereocenters. The van der Waals surface area contributed by atoms with Gasteiger partial charge in [0.05, 0.1) is 5.57 Å². The Morgan fingerprint density at radius 1 is 0.919 bits per heavy atom. The van der Waals surface area contributed by atoms with Crippen molar-refractivity contribution in [2.75, 3.05) is 4.90 Å². The number of benzene rings is 3. The molecular formula is C31H27NO4S. The van der Waals surface area contributed by atoms with E-state index in [4.69, 9.17) is 4.74 Å². The van der Waals surface area contributed by atoms with Gasteiger partial charge in [0.1, 0.15) is 24.2 Å². The van der Waals surface area contributed by atoms with Gasteiger partial charge in [-0.05, 0) is 78.7 Å². The summed E-state index contributed by atoms with van der Waals surface area (Å²) in [6.07, 6.45) is 0. The zero-order valence-corrected chi connectivity index (χ0v) is 21.7. The van der Waals surface area contributed by atoms with Crippen LogP contribution in [0.4, 0.5) is 5.69 Å². The van der Waals surface area contributed by atoms with E-state index in [1.807, 2.05) is 86.8 Å². The lowest BCUT2D eigenvalue weighted by Gasteiger charge is -2.26. The zero-order valence-electron chi connectivity index (χ0n) is 20.9. The fourth-order valence-electron chi connectivity index (χ4n) is 4.63. The van der Waals surface area contributed by atoms with Crippen molar-refractivity contribution in [1.82, 2.24) is 0 Å². The Balaban J connectivity index is 1.55. The average molecular weight is 510 g/mol. The second kappa shape index (κ2) is 10.1. The van der Waals surface area contributed by atoms with Gasteiger partial charge in [-0.2, -0.15) is 0 Å². The molecule has 1 saturated heterocycles. The fraction of sp³-hybridized carbons (Fsp3) is 0.161. The number of aliphatic hydroxyl groups is 1. The van der Waals surface area contributed by atoms with Crippen molar-refractivity contribution < 1.29 is 19.4 Å². The van der Waals surface area contributed by atoms with E-state index in [1.165, 1.54) is 16.2 Å². The van der Waals surface area contributed by atoms with E-state index in [2.05, 4.69) is 0 Å². The number of rotatable bonds is 6. The minimum absolute atomic E-state index is 0.0886. The minimum atomic E-state index is -0.713. The number of anilines is 1. The van der Waals surface area contributed by atoms with Crippen molar-refractivity contribution in [3.8, 4) is 5.75 Å². The number of ketones is 1. The monoisotopic (exact) mass is 509 g/mol. The maximum Gasteiger partial charge on any atom is 0.300 e. The highest BCUT2D eigenvalue weighted by atomic mass is 32.1. The molecule has 1 atom stereocenters. The Labute approximate surface area is 220 Å². The van der Waals surface area contributed by atoms with E-state index >= 15 is 0 Å². The topological polar surface area (TPSA) is 66.8 Å². The first-order chi connectivity index (χ1) is 17.8. The number of carbonyl (C=O) groups is 2. The molecule has 1 fully saturated rings. The van der Waals surface area contributed by atoms with Crippen molar-refractivity contribution in [2.24, 2.45) is 0 Å². The van der Waals surface area contributed by atoms with Crippen LogP contribution in [-0.2, 0) is 16.2 Å². The quantitative estimate of drug-likeness (QED) is 0.175. The molecule has 1 aromatic heterocycles. The fourth-order valence-corrected chi connectivity index (χ4v) is 5.45. The van der Waals surface area contributed by atoms with Crippen LogP contribution in [0.15, 0.2) is 89.8 Å². The van der Waals surface area contributed by atoms with E-state index in [-0.39, 0.29) is 11.3 Å². The van der Waals surface area contributed by atoms with Gasteiger partial charge in [-0.25, -0.2) is 0 Å². The molecule has 4 aromatic rings. The third-order valence-corrected chi connectivity index (χ3v) is 7.49. The van der Waals surface area contributed by atoms with Crippen molar-refractivity contribution in [1.29, 1.82) is 0 Å². The smallest absolute Gasteiger partial charge is 0.300 e. The number of carbonyl (C=O) groups excluding carboxylic acids is 2. The summed E-state index contributed by atoms with van der Waals surface area (Å²) in [5, 5.41) is 13.3. The lowest BCUT2D eigenvalue weighted by atomic mass is 9.98. The molecule has 5 nitrogen and oxygen atoms in total. The Bertz CT molecular complexity index is 1510. The molecule has 0 bridgehead atoms. The Hall–Kier alpha value is -4.16. The first kappa shape index (κ1) is 24.5. The number of aliphatic hydroxyl groups excluding tert-OH is 1. The third-order valence-electron chi connectivity index (χ3n) is 6.57. The minimum Gasteiger partial charge on any atom is -0.507 e. The maximum atomic E-state index is 13.4. The molecule has 1 aliphatic rings. The van der Waals surface area contributed by atoms with Gasteiger partial charge in [0.15, 0.2) is 0 Å². The molecule has 1 aliphatic heterocycles. The normalized spacial score (nSPS) is 16.8. The summed E-state index contributed by atoms with van der Waals surface area (Å²) in [5.74, 6) is -0.847. The molecule has 0 aliphatic carbocycles. The number of hydrogen-bond donors (Lipinski definition) is 1. The highest BCUT2D eigenvalue weighted by molar-refractivity contribution is 7.10. The summed E-state index contributed by atoms with van der Waals surface area (Å²) in [4.78, 5) is 29.1. The number of amides is 1. The molecule has 37 heavy (non-hydrogen) atoms. The first-order valence-corrected chi connectivity index (χ1v) is 12.9. The first-order valence-electron chi connectivity index (χ1n) is 12.0. The molecule has 1 N–H and O–H groups in total. The Morgan fingerprint density at radius 2 is 1.70 bits per heavy atom. The van der Waals surface area contributed by atoms with Gasteiger partial charge < -0.3 is 9.84 Å². The van der Waals surface area contributed by atoms with Crippen molar-refractivity contribution in [3.05, 3.63) is 123 Å². The van der Waals surface area contributed by atoms with Gasteiger partial charge in [0.2, 0.25) is 0 Å². The Morgan fingerprint density at radius 3 is 2.41 bits per heavy atom. The predicted octanol–water partition coefficient (Wildman–Crippen LogP) is 6.88. The molecule has 1 amide bonds. The number of nitrogens with zero attached hydrogens (tertiary/aromatic N) is 1. The summed E-state index contributed by atoms with van der Waals surface area (Å²) in [6, 6.07) is 24.0. The van der Waals surface area contributed by atoms with Gasteiger partial charge in [0, 0.05) is 16.1 Å². The van der Waals surface area contributed by atoms with Crippen LogP contribution in [0.5, 0.6) is 5.75 Å². The SMILES string of the molecule is Cc1ccc(C)c(N2C(=O)C(=O)/C(=C(\O)c3ccc(OCc4ccccc4)c(C)c3)C2c2cccs2)c1. The molecule has 5 rings (SSSR count). The Kier molecular flexibility index (Phi) is 6.68. The molecule has 6 heteroatoms. The van der Waals surface area contributed by atoms with E-state index < -0.39 is 17.7 Å². The number of ether oxygens (including phenoxy) is 1. The lowest BCUT2D eigenvalue weighted by molar-refractivity contribution is -0.132. The van der Waals surface area contributed by atoms with Crippen LogP contribution >= 0.6 is 11.3 Å². The molecule has 3 aromatic carbocycles. The molecule has 186 valence electrons. The summed E-state index contributed by atoms with van der Waals surface area (Å²) in [5.41, 5.74) is 4.95. The maximum absolute atomic E-state index is 13.4. The van der Waals surface area contributed by atoms with Crippen molar-refractivity contribution >= 4 is 34.5 Å². The highest BCUT2D eigenvalue weighted by Gasteiger charge is 2.47. The van der Waals surface area contributed by atoms with Gasteiger partial charge >= 0.3 is 0 Å².